The van der Waals surface area contributed by atoms with E-state index in [9.17, 15) is 4.79 Å². The van der Waals surface area contributed by atoms with Gasteiger partial charge < -0.3 is 5.32 Å². The Balaban J connectivity index is 1.71. The highest BCUT2D eigenvalue weighted by molar-refractivity contribution is 7.10. The molecule has 2 heterocycles. The van der Waals surface area contributed by atoms with Crippen molar-refractivity contribution in [2.24, 2.45) is 5.92 Å². The monoisotopic (exact) mass is 373 g/mol. The number of guanidine groups is 1. The van der Waals surface area contributed by atoms with Crippen molar-refractivity contribution in [3.8, 4) is 23.5 Å². The Morgan fingerprint density at radius 2 is 2.11 bits per heavy atom. The van der Waals surface area contributed by atoms with Crippen molar-refractivity contribution in [3.63, 3.8) is 0 Å². The Kier molecular flexibility index (Phi) is 4.04. The van der Waals surface area contributed by atoms with Gasteiger partial charge in [0.05, 0.1) is 11.5 Å². The maximum absolute atomic E-state index is 12.8. The van der Waals surface area contributed by atoms with Gasteiger partial charge in [0, 0.05) is 23.9 Å². The lowest BCUT2D eigenvalue weighted by Crippen LogP contribution is -2.63. The maximum Gasteiger partial charge on any atom is 0.235 e. The molecule has 1 unspecified atom stereocenters. The number of allylic oxidation sites excluding steroid dienone is 1. The molecule has 27 heavy (non-hydrogen) atoms. The summed E-state index contributed by atoms with van der Waals surface area (Å²) in [5, 5.41) is 13.4. The summed E-state index contributed by atoms with van der Waals surface area (Å²) >= 11 is 1.59. The molecule has 4 nitrogen and oxygen atoms in total. The van der Waals surface area contributed by atoms with Gasteiger partial charge in [-0.25, -0.2) is 0 Å². The number of rotatable bonds is 4. The Morgan fingerprint density at radius 1 is 1.37 bits per heavy atom. The molecule has 0 bridgehead atoms. The van der Waals surface area contributed by atoms with E-state index in [1.165, 1.54) is 4.90 Å². The van der Waals surface area contributed by atoms with Gasteiger partial charge >= 0.3 is 0 Å². The van der Waals surface area contributed by atoms with Gasteiger partial charge in [-0.15, -0.1) is 29.4 Å². The number of terminal acetylenes is 1. The van der Waals surface area contributed by atoms with Crippen LogP contribution in [0, 0.1) is 23.7 Å². The van der Waals surface area contributed by atoms with E-state index < -0.39 is 11.5 Å². The van der Waals surface area contributed by atoms with E-state index in [1.54, 1.807) is 18.4 Å². The zero-order valence-corrected chi connectivity index (χ0v) is 16.0. The lowest BCUT2D eigenvalue weighted by molar-refractivity contribution is -0.135. The number of carbonyl (C=O) groups is 1. The van der Waals surface area contributed by atoms with Gasteiger partial charge in [0.1, 0.15) is 0 Å². The standard InChI is InChI=1S/C22H19N3OS/c1-4-6-18-20(26)25(3)21(23)24-22(18,2)19-12-17(13-27-19)16-8-5-7-15(11-16)14-9-10-14/h1,5,7-9,11-13,18H,6H2,2-3H3,(H2,23,24)/t18?,22-/m0/s1. The molecule has 0 radical (unpaired) electrons. The van der Waals surface area contributed by atoms with Crippen LogP contribution in [0.5, 0.6) is 0 Å². The normalized spacial score (nSPS) is 23.7. The number of hydrogen-bond donors (Lipinski definition) is 2. The molecule has 134 valence electrons. The van der Waals surface area contributed by atoms with Crippen LogP contribution in [-0.4, -0.2) is 23.8 Å². The molecule has 1 aromatic carbocycles. The van der Waals surface area contributed by atoms with Crippen molar-refractivity contribution in [1.82, 2.24) is 10.2 Å². The number of nitrogens with one attached hydrogen (secondary N) is 2. The topological polar surface area (TPSA) is 56.2 Å². The Hall–Kier alpha value is -3.06. The zero-order chi connectivity index (χ0) is 19.2. The van der Waals surface area contributed by atoms with E-state index in [1.807, 2.05) is 19.1 Å². The molecular weight excluding hydrogens is 354 g/mol. The molecule has 0 spiro atoms. The number of hydrogen-bond acceptors (Lipinski definition) is 3. The van der Waals surface area contributed by atoms with Crippen LogP contribution >= 0.6 is 11.3 Å². The van der Waals surface area contributed by atoms with E-state index in [0.717, 1.165) is 27.1 Å². The molecule has 2 aliphatic rings. The average molecular weight is 373 g/mol. The van der Waals surface area contributed by atoms with Crippen LogP contribution in [0.2, 0.25) is 0 Å². The number of carbonyl (C=O) groups excluding carboxylic acids is 1. The van der Waals surface area contributed by atoms with Crippen molar-refractivity contribution in [1.29, 1.82) is 5.41 Å². The fourth-order valence-corrected chi connectivity index (χ4v) is 4.57. The minimum Gasteiger partial charge on any atom is -0.345 e. The summed E-state index contributed by atoms with van der Waals surface area (Å²) in [5.74, 6) is 2.18. The van der Waals surface area contributed by atoms with Crippen LogP contribution in [0.25, 0.3) is 16.7 Å². The van der Waals surface area contributed by atoms with Gasteiger partial charge in [-0.05, 0) is 47.2 Å². The van der Waals surface area contributed by atoms with Crippen LogP contribution in [-0.2, 0) is 10.3 Å². The highest BCUT2D eigenvalue weighted by Crippen LogP contribution is 2.41. The lowest BCUT2D eigenvalue weighted by Gasteiger charge is -2.44. The van der Waals surface area contributed by atoms with Crippen molar-refractivity contribution in [2.45, 2.75) is 18.9 Å². The quantitative estimate of drug-likeness (QED) is 0.632. The Labute approximate surface area is 162 Å². The molecule has 2 N–H and O–H groups in total. The number of nitrogens with zero attached hydrogens (tertiary/aromatic N) is 1. The summed E-state index contributed by atoms with van der Waals surface area (Å²) in [6.45, 7) is 1.96. The van der Waals surface area contributed by atoms with E-state index in [4.69, 9.17) is 11.8 Å². The van der Waals surface area contributed by atoms with Gasteiger partial charge in [-0.2, -0.15) is 0 Å². The van der Waals surface area contributed by atoms with E-state index >= 15 is 0 Å². The smallest absolute Gasteiger partial charge is 0.235 e. The van der Waals surface area contributed by atoms with Gasteiger partial charge in [-0.1, -0.05) is 18.2 Å². The zero-order valence-electron chi connectivity index (χ0n) is 15.2. The second kappa shape index (κ2) is 6.28. The van der Waals surface area contributed by atoms with Crippen LogP contribution in [0.1, 0.15) is 23.8 Å². The minimum absolute atomic E-state index is 0.0967. The van der Waals surface area contributed by atoms with Gasteiger partial charge in [0.2, 0.25) is 5.91 Å². The van der Waals surface area contributed by atoms with Crippen molar-refractivity contribution in [2.75, 3.05) is 7.05 Å². The molecule has 1 aromatic heterocycles. The first-order valence-electron chi connectivity index (χ1n) is 8.68. The molecule has 2 aromatic rings. The molecule has 0 saturated carbocycles. The summed E-state index contributed by atoms with van der Waals surface area (Å²) in [6.07, 6.45) is 7.84. The fraction of sp³-hybridized carbons (Fsp3) is 0.227. The summed E-state index contributed by atoms with van der Waals surface area (Å²) in [6, 6.07) is 10.4. The first-order chi connectivity index (χ1) is 12.9. The van der Waals surface area contributed by atoms with E-state index in [2.05, 4.69) is 46.6 Å². The predicted molar refractivity (Wildman–Crippen MR) is 109 cm³/mol. The SMILES string of the molecule is C#CCC1C(=O)N(C)C(=N)N[C@]1(C)c1cc(-c2cccc(C3=C=C3)c2)cs1. The highest BCUT2D eigenvalue weighted by Gasteiger charge is 2.47. The van der Waals surface area contributed by atoms with Gasteiger partial charge in [0.15, 0.2) is 5.96 Å². The van der Waals surface area contributed by atoms with Crippen LogP contribution < -0.4 is 5.32 Å². The summed E-state index contributed by atoms with van der Waals surface area (Å²) < 4.78 is 0. The molecule has 4 rings (SSSR count). The molecule has 5 heteroatoms. The Morgan fingerprint density at radius 3 is 2.81 bits per heavy atom. The summed E-state index contributed by atoms with van der Waals surface area (Å²) in [5.41, 5.74) is 6.94. The minimum atomic E-state index is -0.700. The largest absolute Gasteiger partial charge is 0.345 e. The third-order valence-electron chi connectivity index (χ3n) is 5.27. The Bertz CT molecular complexity index is 1070. The van der Waals surface area contributed by atoms with Crippen LogP contribution in [0.4, 0.5) is 0 Å². The van der Waals surface area contributed by atoms with Crippen molar-refractivity contribution in [3.05, 3.63) is 58.0 Å². The van der Waals surface area contributed by atoms with Crippen LogP contribution in [0.15, 0.2) is 47.5 Å². The molecular formula is C22H19N3OS. The molecule has 1 amide bonds. The first-order valence-corrected chi connectivity index (χ1v) is 9.56. The summed E-state index contributed by atoms with van der Waals surface area (Å²) in [4.78, 5) is 15.1. The third kappa shape index (κ3) is 2.90. The molecule has 1 aliphatic carbocycles. The van der Waals surface area contributed by atoms with Crippen molar-refractivity contribution < 1.29 is 4.79 Å². The van der Waals surface area contributed by atoms with Crippen LogP contribution in [0.3, 0.4) is 0 Å². The second-order valence-corrected chi connectivity index (χ2v) is 7.93. The summed E-state index contributed by atoms with van der Waals surface area (Å²) in [7, 11) is 1.60. The second-order valence-electron chi connectivity index (χ2n) is 7.02. The first kappa shape index (κ1) is 17.4. The third-order valence-corrected chi connectivity index (χ3v) is 6.44. The number of amides is 1. The molecule has 2 atom stereocenters. The van der Waals surface area contributed by atoms with Gasteiger partial charge in [0.25, 0.3) is 0 Å². The lowest BCUT2D eigenvalue weighted by atomic mass is 9.79. The molecule has 1 saturated heterocycles. The predicted octanol–water partition coefficient (Wildman–Crippen LogP) is 3.82. The highest BCUT2D eigenvalue weighted by atomic mass is 32.1. The van der Waals surface area contributed by atoms with Gasteiger partial charge in [-0.3, -0.25) is 15.1 Å². The van der Waals surface area contributed by atoms with E-state index in [-0.39, 0.29) is 11.9 Å². The maximum atomic E-state index is 12.8. The molecule has 1 fully saturated rings. The molecule has 1 aliphatic heterocycles. The average Bonchev–Trinajstić information content (AvgIpc) is 3.39. The van der Waals surface area contributed by atoms with Crippen molar-refractivity contribution >= 4 is 28.8 Å². The van der Waals surface area contributed by atoms with E-state index in [0.29, 0.717) is 6.42 Å². The number of thiophene rings is 1. The number of benzene rings is 1. The fourth-order valence-electron chi connectivity index (χ4n) is 3.48.